The van der Waals surface area contributed by atoms with Gasteiger partial charge in [-0.05, 0) is 6.42 Å². The first-order valence-corrected chi connectivity index (χ1v) is 4.93. The smallest absolute Gasteiger partial charge is 0.235 e. The second kappa shape index (κ2) is 5.81. The normalized spacial score (nSPS) is 11.7. The Morgan fingerprint density at radius 3 is 3.07 bits per heavy atom. The first kappa shape index (κ1) is 11.2. The summed E-state index contributed by atoms with van der Waals surface area (Å²) in [5, 5.41) is 10.4. The summed E-state index contributed by atoms with van der Waals surface area (Å²) in [6.07, 6.45) is 9.05. The van der Waals surface area contributed by atoms with Crippen molar-refractivity contribution in [2.45, 2.75) is 32.2 Å². The molecule has 0 bridgehead atoms. The number of imidazole rings is 1. The quantitative estimate of drug-likeness (QED) is 0.581. The molecular formula is C10H14N4O. The molecule has 0 aliphatic heterocycles. The van der Waals surface area contributed by atoms with Gasteiger partial charge in [0.15, 0.2) is 6.19 Å². The predicted molar refractivity (Wildman–Crippen MR) is 54.5 cm³/mol. The molecule has 0 aliphatic carbocycles. The Kier molecular flexibility index (Phi) is 4.35. The van der Waals surface area contributed by atoms with Crippen LogP contribution in [0.3, 0.4) is 0 Å². The molecule has 0 aliphatic rings. The van der Waals surface area contributed by atoms with E-state index in [9.17, 15) is 4.79 Å². The Bertz CT molecular complexity index is 339. The number of hydrogen-bond acceptors (Lipinski definition) is 3. The van der Waals surface area contributed by atoms with Crippen molar-refractivity contribution in [3.63, 3.8) is 0 Å². The number of aromatic nitrogens is 2. The Balaban J connectivity index is 2.60. The molecule has 5 nitrogen and oxygen atoms in total. The second-order valence-electron chi connectivity index (χ2n) is 3.32. The van der Waals surface area contributed by atoms with Crippen LogP contribution in [0.25, 0.3) is 0 Å². The molecule has 1 unspecified atom stereocenters. The lowest BCUT2D eigenvalue weighted by molar-refractivity contribution is -0.120. The van der Waals surface area contributed by atoms with Crippen molar-refractivity contribution >= 4 is 5.91 Å². The third kappa shape index (κ3) is 3.43. The molecule has 1 rings (SSSR count). The van der Waals surface area contributed by atoms with Gasteiger partial charge in [0.1, 0.15) is 0 Å². The largest absolute Gasteiger partial charge is 0.334 e. The number of amides is 1. The topological polar surface area (TPSA) is 70.7 Å². The van der Waals surface area contributed by atoms with E-state index in [1.807, 2.05) is 10.8 Å². The molecule has 0 radical (unpaired) electrons. The fourth-order valence-corrected chi connectivity index (χ4v) is 1.50. The number of nitrogens with one attached hydrogen (secondary N) is 1. The number of carbonyl (C=O) groups excluding carboxylic acids is 1. The van der Waals surface area contributed by atoms with E-state index in [0.717, 1.165) is 12.8 Å². The van der Waals surface area contributed by atoms with Gasteiger partial charge in [-0.3, -0.25) is 10.1 Å². The minimum absolute atomic E-state index is 0.0887. The Hall–Kier alpha value is -1.83. The van der Waals surface area contributed by atoms with Crippen LogP contribution in [0.5, 0.6) is 0 Å². The average molecular weight is 206 g/mol. The Morgan fingerprint density at radius 1 is 1.73 bits per heavy atom. The summed E-state index contributed by atoms with van der Waals surface area (Å²) >= 11 is 0. The Labute approximate surface area is 88.7 Å². The van der Waals surface area contributed by atoms with Crippen molar-refractivity contribution in [1.29, 1.82) is 5.26 Å². The third-order valence-electron chi connectivity index (χ3n) is 2.18. The summed E-state index contributed by atoms with van der Waals surface area (Å²) in [7, 11) is 0. The summed E-state index contributed by atoms with van der Waals surface area (Å²) in [6.45, 7) is 2.06. The van der Waals surface area contributed by atoms with Gasteiger partial charge in [0, 0.05) is 24.9 Å². The average Bonchev–Trinajstić information content (AvgIpc) is 2.70. The van der Waals surface area contributed by atoms with Crippen molar-refractivity contribution in [3.8, 4) is 6.19 Å². The van der Waals surface area contributed by atoms with Gasteiger partial charge in [0.2, 0.25) is 5.91 Å². The minimum Gasteiger partial charge on any atom is -0.334 e. The number of nitrogens with zero attached hydrogens (tertiary/aromatic N) is 3. The summed E-state index contributed by atoms with van der Waals surface area (Å²) in [5.74, 6) is -0.246. The lowest BCUT2D eigenvalue weighted by Gasteiger charge is -2.15. The van der Waals surface area contributed by atoms with Crippen LogP contribution >= 0.6 is 0 Å². The van der Waals surface area contributed by atoms with Crippen LogP contribution in [-0.2, 0) is 4.79 Å². The number of rotatable bonds is 5. The minimum atomic E-state index is -0.246. The van der Waals surface area contributed by atoms with Crippen molar-refractivity contribution in [2.75, 3.05) is 0 Å². The van der Waals surface area contributed by atoms with Gasteiger partial charge in [0.05, 0.1) is 6.33 Å². The van der Waals surface area contributed by atoms with Gasteiger partial charge in [-0.25, -0.2) is 4.98 Å². The SMILES string of the molecule is CCCC(CC(=O)NC#N)n1ccnc1. The maximum Gasteiger partial charge on any atom is 0.235 e. The summed E-state index contributed by atoms with van der Waals surface area (Å²) in [6, 6.07) is 0.0887. The molecule has 1 atom stereocenters. The molecule has 1 aromatic rings. The fraction of sp³-hybridized carbons (Fsp3) is 0.500. The molecule has 15 heavy (non-hydrogen) atoms. The molecule has 80 valence electrons. The van der Waals surface area contributed by atoms with Crippen LogP contribution in [0, 0.1) is 11.5 Å². The highest BCUT2D eigenvalue weighted by Gasteiger charge is 2.13. The second-order valence-corrected chi connectivity index (χ2v) is 3.32. The highest BCUT2D eigenvalue weighted by atomic mass is 16.1. The monoisotopic (exact) mass is 206 g/mol. The van der Waals surface area contributed by atoms with E-state index in [4.69, 9.17) is 5.26 Å². The van der Waals surface area contributed by atoms with Crippen LogP contribution < -0.4 is 5.32 Å². The van der Waals surface area contributed by atoms with E-state index in [1.165, 1.54) is 0 Å². The zero-order valence-electron chi connectivity index (χ0n) is 8.68. The Morgan fingerprint density at radius 2 is 2.53 bits per heavy atom. The highest BCUT2D eigenvalue weighted by molar-refractivity contribution is 5.77. The molecule has 1 aromatic heterocycles. The molecule has 0 fully saturated rings. The lowest BCUT2D eigenvalue weighted by atomic mass is 10.1. The van der Waals surface area contributed by atoms with Gasteiger partial charge >= 0.3 is 0 Å². The summed E-state index contributed by atoms with van der Waals surface area (Å²) in [4.78, 5) is 15.2. The summed E-state index contributed by atoms with van der Waals surface area (Å²) in [5.41, 5.74) is 0. The van der Waals surface area contributed by atoms with E-state index in [1.54, 1.807) is 18.7 Å². The van der Waals surface area contributed by atoms with E-state index in [0.29, 0.717) is 6.42 Å². The first-order valence-electron chi connectivity index (χ1n) is 4.93. The van der Waals surface area contributed by atoms with Gasteiger partial charge in [-0.1, -0.05) is 13.3 Å². The van der Waals surface area contributed by atoms with Crippen molar-refractivity contribution in [2.24, 2.45) is 0 Å². The molecule has 0 saturated heterocycles. The third-order valence-corrected chi connectivity index (χ3v) is 2.18. The van der Waals surface area contributed by atoms with E-state index < -0.39 is 0 Å². The number of nitriles is 1. The summed E-state index contributed by atoms with van der Waals surface area (Å²) < 4.78 is 1.90. The van der Waals surface area contributed by atoms with Crippen molar-refractivity contribution in [1.82, 2.24) is 14.9 Å². The van der Waals surface area contributed by atoms with Crippen LogP contribution in [0.2, 0.25) is 0 Å². The maximum absolute atomic E-state index is 11.3. The molecule has 0 saturated carbocycles. The molecule has 0 aromatic carbocycles. The van der Waals surface area contributed by atoms with E-state index in [-0.39, 0.29) is 11.9 Å². The predicted octanol–water partition coefficient (Wildman–Crippen LogP) is 1.21. The van der Waals surface area contributed by atoms with Crippen LogP contribution in [0.4, 0.5) is 0 Å². The van der Waals surface area contributed by atoms with Crippen LogP contribution in [0.1, 0.15) is 32.2 Å². The van der Waals surface area contributed by atoms with Gasteiger partial charge in [-0.2, -0.15) is 5.26 Å². The van der Waals surface area contributed by atoms with Gasteiger partial charge in [-0.15, -0.1) is 0 Å². The molecule has 1 N–H and O–H groups in total. The number of carbonyl (C=O) groups is 1. The van der Waals surface area contributed by atoms with Crippen molar-refractivity contribution in [3.05, 3.63) is 18.7 Å². The fourth-order valence-electron chi connectivity index (χ4n) is 1.50. The molecule has 0 spiro atoms. The molecule has 5 heteroatoms. The molecular weight excluding hydrogens is 192 g/mol. The van der Waals surface area contributed by atoms with Crippen LogP contribution in [-0.4, -0.2) is 15.5 Å². The zero-order chi connectivity index (χ0) is 11.1. The molecule has 1 heterocycles. The van der Waals surface area contributed by atoms with E-state index >= 15 is 0 Å². The lowest BCUT2D eigenvalue weighted by Crippen LogP contribution is -2.22. The first-order chi connectivity index (χ1) is 7.27. The van der Waals surface area contributed by atoms with Gasteiger partial charge in [0.25, 0.3) is 0 Å². The van der Waals surface area contributed by atoms with Crippen molar-refractivity contribution < 1.29 is 4.79 Å². The highest BCUT2D eigenvalue weighted by Crippen LogP contribution is 2.17. The standard InChI is InChI=1S/C10H14N4O/c1-2-3-9(6-10(15)13-7-11)14-5-4-12-8-14/h4-5,8-9H,2-3,6H2,1H3,(H,13,15). The zero-order valence-corrected chi connectivity index (χ0v) is 8.68. The van der Waals surface area contributed by atoms with Gasteiger partial charge < -0.3 is 4.57 Å². The van der Waals surface area contributed by atoms with E-state index in [2.05, 4.69) is 17.2 Å². The molecule has 1 amide bonds. The van der Waals surface area contributed by atoms with Crippen LogP contribution in [0.15, 0.2) is 18.7 Å². The number of hydrogen-bond donors (Lipinski definition) is 1. The maximum atomic E-state index is 11.3.